The molecule has 0 radical (unpaired) electrons. The number of hydrazine groups is 1. The highest BCUT2D eigenvalue weighted by Gasteiger charge is 2.36. The SMILES string of the molecule is Cc1ncc(C(NN)C(C)(F)F)n1C. The minimum absolute atomic E-state index is 0.373. The fourth-order valence-corrected chi connectivity index (χ4v) is 1.28. The van der Waals surface area contributed by atoms with Gasteiger partial charge in [0.25, 0.3) is 5.92 Å². The number of halogens is 2. The molecule has 0 aliphatic rings. The molecule has 14 heavy (non-hydrogen) atoms. The van der Waals surface area contributed by atoms with Crippen LogP contribution in [0.5, 0.6) is 0 Å². The smallest absolute Gasteiger partial charge is 0.267 e. The first-order valence-corrected chi connectivity index (χ1v) is 4.20. The zero-order chi connectivity index (χ0) is 10.9. The van der Waals surface area contributed by atoms with Crippen LogP contribution in [0.1, 0.15) is 24.5 Å². The molecule has 0 aromatic carbocycles. The monoisotopic (exact) mass is 204 g/mol. The van der Waals surface area contributed by atoms with E-state index in [4.69, 9.17) is 5.84 Å². The van der Waals surface area contributed by atoms with E-state index in [1.807, 2.05) is 0 Å². The van der Waals surface area contributed by atoms with Crippen LogP contribution in [0.25, 0.3) is 0 Å². The molecule has 3 N–H and O–H groups in total. The van der Waals surface area contributed by atoms with E-state index >= 15 is 0 Å². The van der Waals surface area contributed by atoms with E-state index < -0.39 is 12.0 Å². The highest BCUT2D eigenvalue weighted by molar-refractivity contribution is 5.11. The van der Waals surface area contributed by atoms with Gasteiger partial charge >= 0.3 is 0 Å². The molecule has 0 spiro atoms. The van der Waals surface area contributed by atoms with E-state index in [9.17, 15) is 8.78 Å². The molecule has 1 rings (SSSR count). The van der Waals surface area contributed by atoms with Gasteiger partial charge in [0.2, 0.25) is 0 Å². The summed E-state index contributed by atoms with van der Waals surface area (Å²) in [6.45, 7) is 2.56. The lowest BCUT2D eigenvalue weighted by atomic mass is 10.1. The molecule has 1 heterocycles. The Balaban J connectivity index is 3.08. The van der Waals surface area contributed by atoms with Gasteiger partial charge in [-0.15, -0.1) is 0 Å². The van der Waals surface area contributed by atoms with Gasteiger partial charge in [-0.2, -0.15) is 0 Å². The molecular formula is C8H14F2N4. The fraction of sp³-hybridized carbons (Fsp3) is 0.625. The fourth-order valence-electron chi connectivity index (χ4n) is 1.28. The average molecular weight is 204 g/mol. The quantitative estimate of drug-likeness (QED) is 0.568. The number of rotatable bonds is 3. The van der Waals surface area contributed by atoms with Crippen molar-refractivity contribution in [2.45, 2.75) is 25.8 Å². The molecule has 80 valence electrons. The van der Waals surface area contributed by atoms with Crippen LogP contribution < -0.4 is 11.3 Å². The molecule has 0 aliphatic carbocycles. The maximum absolute atomic E-state index is 13.1. The van der Waals surface area contributed by atoms with Crippen LogP contribution in [-0.4, -0.2) is 15.5 Å². The molecule has 0 saturated heterocycles. The van der Waals surface area contributed by atoms with Gasteiger partial charge in [0.05, 0.1) is 11.9 Å². The summed E-state index contributed by atoms with van der Waals surface area (Å²) in [6.07, 6.45) is 1.40. The second-order valence-electron chi connectivity index (χ2n) is 3.35. The molecule has 0 fully saturated rings. The van der Waals surface area contributed by atoms with Gasteiger partial charge in [-0.1, -0.05) is 0 Å². The number of aryl methyl sites for hydroxylation is 1. The molecule has 0 amide bonds. The van der Waals surface area contributed by atoms with Crippen molar-refractivity contribution in [3.8, 4) is 0 Å². The molecule has 1 unspecified atom stereocenters. The molecule has 0 bridgehead atoms. The summed E-state index contributed by atoms with van der Waals surface area (Å²) >= 11 is 0. The van der Waals surface area contributed by atoms with Crippen LogP contribution in [0.3, 0.4) is 0 Å². The zero-order valence-electron chi connectivity index (χ0n) is 8.38. The Labute approximate surface area is 81.1 Å². The third-order valence-corrected chi connectivity index (χ3v) is 2.23. The van der Waals surface area contributed by atoms with Crippen molar-refractivity contribution >= 4 is 0 Å². The first-order valence-electron chi connectivity index (χ1n) is 4.20. The van der Waals surface area contributed by atoms with Crippen molar-refractivity contribution in [1.82, 2.24) is 15.0 Å². The standard InChI is InChI=1S/C8H14F2N4/c1-5-12-4-6(14(5)3)7(13-11)8(2,9)10/h4,7,13H,11H2,1-3H3. The summed E-state index contributed by atoms with van der Waals surface area (Å²) in [6, 6.07) is -1.21. The maximum Gasteiger partial charge on any atom is 0.267 e. The van der Waals surface area contributed by atoms with E-state index in [-0.39, 0.29) is 0 Å². The number of nitrogens with one attached hydrogen (secondary N) is 1. The van der Waals surface area contributed by atoms with Crippen LogP contribution >= 0.6 is 0 Å². The molecule has 1 atom stereocenters. The zero-order valence-corrected chi connectivity index (χ0v) is 8.38. The predicted octanol–water partition coefficient (Wildman–Crippen LogP) is 0.888. The van der Waals surface area contributed by atoms with Crippen LogP contribution in [-0.2, 0) is 7.05 Å². The van der Waals surface area contributed by atoms with Crippen molar-refractivity contribution in [3.63, 3.8) is 0 Å². The van der Waals surface area contributed by atoms with Crippen molar-refractivity contribution in [2.75, 3.05) is 0 Å². The largest absolute Gasteiger partial charge is 0.334 e. The highest BCUT2D eigenvalue weighted by Crippen LogP contribution is 2.29. The van der Waals surface area contributed by atoms with Crippen LogP contribution in [0, 0.1) is 6.92 Å². The third-order valence-electron chi connectivity index (χ3n) is 2.23. The normalized spacial score (nSPS) is 14.4. The summed E-state index contributed by atoms with van der Waals surface area (Å²) in [7, 11) is 1.67. The Morgan fingerprint density at radius 3 is 2.50 bits per heavy atom. The lowest BCUT2D eigenvalue weighted by molar-refractivity contribution is -0.0217. The number of nitrogens with two attached hydrogens (primary N) is 1. The maximum atomic E-state index is 13.1. The predicted molar refractivity (Wildman–Crippen MR) is 48.6 cm³/mol. The van der Waals surface area contributed by atoms with Crippen molar-refractivity contribution in [1.29, 1.82) is 0 Å². The van der Waals surface area contributed by atoms with Crippen LogP contribution in [0.15, 0.2) is 6.20 Å². The first-order chi connectivity index (χ1) is 6.38. The molecule has 0 saturated carbocycles. The number of aromatic nitrogens is 2. The Bertz CT molecular complexity index is 316. The van der Waals surface area contributed by atoms with Crippen LogP contribution in [0.4, 0.5) is 8.78 Å². The minimum atomic E-state index is -2.92. The number of hydrogen-bond acceptors (Lipinski definition) is 3. The molecule has 1 aromatic rings. The first kappa shape index (κ1) is 11.1. The summed E-state index contributed by atoms with van der Waals surface area (Å²) in [5, 5.41) is 0. The van der Waals surface area contributed by atoms with Gasteiger partial charge in [0.1, 0.15) is 11.9 Å². The van der Waals surface area contributed by atoms with Gasteiger partial charge in [0, 0.05) is 14.0 Å². The molecular weight excluding hydrogens is 190 g/mol. The average Bonchev–Trinajstić information content (AvgIpc) is 2.35. The number of imidazole rings is 1. The summed E-state index contributed by atoms with van der Waals surface area (Å²) in [4.78, 5) is 3.93. The van der Waals surface area contributed by atoms with E-state index in [0.29, 0.717) is 11.5 Å². The summed E-state index contributed by atoms with van der Waals surface area (Å²) in [5.74, 6) is 2.85. The lowest BCUT2D eigenvalue weighted by Gasteiger charge is -2.22. The lowest BCUT2D eigenvalue weighted by Crippen LogP contribution is -2.40. The Morgan fingerprint density at radius 1 is 1.64 bits per heavy atom. The van der Waals surface area contributed by atoms with E-state index in [1.165, 1.54) is 6.20 Å². The van der Waals surface area contributed by atoms with E-state index in [1.54, 1.807) is 18.5 Å². The second kappa shape index (κ2) is 3.62. The number of nitrogens with zero attached hydrogens (tertiary/aromatic N) is 2. The van der Waals surface area contributed by atoms with E-state index in [0.717, 1.165) is 6.92 Å². The molecule has 0 aliphatic heterocycles. The van der Waals surface area contributed by atoms with Gasteiger partial charge < -0.3 is 4.57 Å². The summed E-state index contributed by atoms with van der Waals surface area (Å²) in [5.41, 5.74) is 2.47. The third kappa shape index (κ3) is 1.91. The second-order valence-corrected chi connectivity index (χ2v) is 3.35. The summed E-state index contributed by atoms with van der Waals surface area (Å²) < 4.78 is 27.7. The van der Waals surface area contributed by atoms with Gasteiger partial charge in [-0.3, -0.25) is 5.84 Å². The Hall–Kier alpha value is -1.01. The molecule has 4 nitrogen and oxygen atoms in total. The molecule has 6 heteroatoms. The van der Waals surface area contributed by atoms with Crippen LogP contribution in [0.2, 0.25) is 0 Å². The van der Waals surface area contributed by atoms with Gasteiger partial charge in [-0.25, -0.2) is 19.2 Å². The van der Waals surface area contributed by atoms with Crippen molar-refractivity contribution < 1.29 is 8.78 Å². The number of hydrogen-bond donors (Lipinski definition) is 2. The number of alkyl halides is 2. The van der Waals surface area contributed by atoms with Gasteiger partial charge in [-0.05, 0) is 6.92 Å². The minimum Gasteiger partial charge on any atom is -0.334 e. The topological polar surface area (TPSA) is 55.9 Å². The van der Waals surface area contributed by atoms with Crippen molar-refractivity contribution in [2.24, 2.45) is 12.9 Å². The molecule has 1 aromatic heterocycles. The highest BCUT2D eigenvalue weighted by atomic mass is 19.3. The Kier molecular flexibility index (Phi) is 2.86. The van der Waals surface area contributed by atoms with E-state index in [2.05, 4.69) is 10.4 Å². The van der Waals surface area contributed by atoms with Gasteiger partial charge in [0.15, 0.2) is 0 Å². The van der Waals surface area contributed by atoms with Crippen molar-refractivity contribution in [3.05, 3.63) is 17.7 Å². The Morgan fingerprint density at radius 2 is 2.21 bits per heavy atom.